The molecule has 1 aliphatic heterocycles. The summed E-state index contributed by atoms with van der Waals surface area (Å²) in [6.07, 6.45) is 1.86. The molecular formula is C25H22N4O2S2. The lowest BCUT2D eigenvalue weighted by Crippen LogP contribution is -2.25. The number of carbonyl (C=O) groups is 1. The molecule has 1 N–H and O–H groups in total. The Morgan fingerprint density at radius 2 is 1.97 bits per heavy atom. The fourth-order valence-corrected chi connectivity index (χ4v) is 5.19. The van der Waals surface area contributed by atoms with Gasteiger partial charge in [0.15, 0.2) is 6.61 Å². The van der Waals surface area contributed by atoms with Crippen LogP contribution in [0.2, 0.25) is 0 Å². The van der Waals surface area contributed by atoms with E-state index in [1.807, 2.05) is 40.5 Å². The van der Waals surface area contributed by atoms with Crippen LogP contribution in [0.25, 0.3) is 11.3 Å². The maximum Gasteiger partial charge on any atom is 0.262 e. The minimum Gasteiger partial charge on any atom is -0.482 e. The topological polar surface area (TPSA) is 68.0 Å². The molecule has 0 fully saturated rings. The Morgan fingerprint density at radius 3 is 2.76 bits per heavy atom. The predicted octanol–water partition coefficient (Wildman–Crippen LogP) is 5.65. The average molecular weight is 475 g/mol. The van der Waals surface area contributed by atoms with Crippen molar-refractivity contribution in [3.05, 3.63) is 79.6 Å². The zero-order valence-electron chi connectivity index (χ0n) is 18.5. The third kappa shape index (κ3) is 4.53. The summed E-state index contributed by atoms with van der Waals surface area (Å²) < 4.78 is 7.36. The molecule has 0 unspecified atom stereocenters. The van der Waals surface area contributed by atoms with Gasteiger partial charge in [0.25, 0.3) is 5.91 Å². The number of fused-ring (bicyclic) bond motifs is 1. The molecule has 3 heterocycles. The van der Waals surface area contributed by atoms with Crippen LogP contribution in [-0.2, 0) is 4.79 Å². The Morgan fingerprint density at radius 1 is 1.09 bits per heavy atom. The first-order valence-corrected chi connectivity index (χ1v) is 12.2. The molecule has 33 heavy (non-hydrogen) atoms. The molecular weight excluding hydrogens is 452 g/mol. The summed E-state index contributed by atoms with van der Waals surface area (Å²) in [5, 5.41) is 9.71. The quantitative estimate of drug-likeness (QED) is 0.389. The third-order valence-electron chi connectivity index (χ3n) is 5.22. The largest absolute Gasteiger partial charge is 0.482 e. The van der Waals surface area contributed by atoms with Crippen LogP contribution >= 0.6 is 22.7 Å². The molecule has 0 atom stereocenters. The van der Waals surface area contributed by atoms with Gasteiger partial charge < -0.3 is 10.1 Å². The van der Waals surface area contributed by atoms with Crippen molar-refractivity contribution in [1.29, 1.82) is 0 Å². The van der Waals surface area contributed by atoms with E-state index in [9.17, 15) is 4.79 Å². The van der Waals surface area contributed by atoms with Crippen molar-refractivity contribution in [2.75, 3.05) is 11.9 Å². The van der Waals surface area contributed by atoms with Gasteiger partial charge in [0.1, 0.15) is 5.75 Å². The molecule has 0 radical (unpaired) electrons. The molecule has 0 saturated heterocycles. The lowest BCUT2D eigenvalue weighted by atomic mass is 10.1. The number of thiazole rings is 1. The zero-order valence-corrected chi connectivity index (χ0v) is 20.1. The number of anilines is 1. The second-order valence-electron chi connectivity index (χ2n) is 7.86. The fourth-order valence-electron chi connectivity index (χ4n) is 3.60. The SMILES string of the molecule is Cc1ccc(N=c2scc(-c3ccc4c(c3)NC(=O)CO4)n2N=Cc2ccc(C)s2)c(C)c1. The van der Waals surface area contributed by atoms with Crippen molar-refractivity contribution in [2.45, 2.75) is 20.8 Å². The first kappa shape index (κ1) is 21.4. The number of amides is 1. The van der Waals surface area contributed by atoms with E-state index in [0.29, 0.717) is 11.4 Å². The zero-order chi connectivity index (χ0) is 22.9. The average Bonchev–Trinajstić information content (AvgIpc) is 3.39. The Kier molecular flexibility index (Phi) is 5.70. The molecule has 0 bridgehead atoms. The highest BCUT2D eigenvalue weighted by Gasteiger charge is 2.18. The van der Waals surface area contributed by atoms with Crippen LogP contribution in [0.5, 0.6) is 5.75 Å². The smallest absolute Gasteiger partial charge is 0.262 e. The normalized spacial score (nSPS) is 13.8. The number of nitrogens with zero attached hydrogens (tertiary/aromatic N) is 3. The molecule has 166 valence electrons. The van der Waals surface area contributed by atoms with Gasteiger partial charge >= 0.3 is 0 Å². The maximum atomic E-state index is 11.8. The number of benzene rings is 2. The lowest BCUT2D eigenvalue weighted by molar-refractivity contribution is -0.118. The standard InChI is InChI=1S/C25H22N4O2S2/c1-15-4-8-20(16(2)10-15)28-25-29(26-12-19-7-5-17(3)33-19)22(14-32-25)18-6-9-23-21(11-18)27-24(30)13-31-23/h4-12,14H,13H2,1-3H3,(H,27,30). The van der Waals surface area contributed by atoms with E-state index in [4.69, 9.17) is 14.8 Å². The Bertz CT molecular complexity index is 1460. The van der Waals surface area contributed by atoms with E-state index in [1.54, 1.807) is 11.3 Å². The van der Waals surface area contributed by atoms with Gasteiger partial charge in [-0.15, -0.1) is 22.7 Å². The van der Waals surface area contributed by atoms with E-state index in [1.165, 1.54) is 21.8 Å². The van der Waals surface area contributed by atoms with Crippen LogP contribution in [0, 0.1) is 20.8 Å². The maximum absolute atomic E-state index is 11.8. The molecule has 0 aliphatic carbocycles. The molecule has 2 aromatic carbocycles. The number of ether oxygens (including phenoxy) is 1. The molecule has 6 nitrogen and oxygen atoms in total. The lowest BCUT2D eigenvalue weighted by Gasteiger charge is -2.18. The number of aromatic nitrogens is 1. The molecule has 0 spiro atoms. The number of rotatable bonds is 4. The summed E-state index contributed by atoms with van der Waals surface area (Å²) >= 11 is 3.21. The Hall–Kier alpha value is -3.49. The number of carbonyl (C=O) groups excluding carboxylic acids is 1. The monoisotopic (exact) mass is 474 g/mol. The first-order valence-electron chi connectivity index (χ1n) is 10.5. The predicted molar refractivity (Wildman–Crippen MR) is 135 cm³/mol. The van der Waals surface area contributed by atoms with Gasteiger partial charge in [0.05, 0.1) is 23.3 Å². The highest BCUT2D eigenvalue weighted by Crippen LogP contribution is 2.33. The number of nitrogens with one attached hydrogen (secondary N) is 1. The van der Waals surface area contributed by atoms with Crippen LogP contribution < -0.4 is 14.9 Å². The summed E-state index contributed by atoms with van der Waals surface area (Å²) in [4.78, 5) is 19.8. The summed E-state index contributed by atoms with van der Waals surface area (Å²) in [5.74, 6) is 0.507. The number of thiophene rings is 1. The first-order chi connectivity index (χ1) is 16.0. The van der Waals surface area contributed by atoms with Gasteiger partial charge in [-0.3, -0.25) is 4.79 Å². The highest BCUT2D eigenvalue weighted by atomic mass is 32.1. The number of hydrogen-bond donors (Lipinski definition) is 1. The van der Waals surface area contributed by atoms with Gasteiger partial charge in [0.2, 0.25) is 4.80 Å². The molecule has 2 aromatic heterocycles. The summed E-state index contributed by atoms with van der Waals surface area (Å²) in [6.45, 7) is 6.25. The van der Waals surface area contributed by atoms with E-state index < -0.39 is 0 Å². The van der Waals surface area contributed by atoms with Crippen LogP contribution in [-0.4, -0.2) is 23.4 Å². The molecule has 4 aromatic rings. The number of hydrogen-bond acceptors (Lipinski definition) is 6. The van der Waals surface area contributed by atoms with Crippen LogP contribution in [0.15, 0.2) is 64.0 Å². The molecule has 0 saturated carbocycles. The van der Waals surface area contributed by atoms with Crippen molar-refractivity contribution in [3.63, 3.8) is 0 Å². The second-order valence-corrected chi connectivity index (χ2v) is 10.0. The van der Waals surface area contributed by atoms with Crippen molar-refractivity contribution in [3.8, 4) is 17.0 Å². The van der Waals surface area contributed by atoms with Crippen LogP contribution in [0.3, 0.4) is 0 Å². The van der Waals surface area contributed by atoms with Crippen LogP contribution in [0.4, 0.5) is 11.4 Å². The summed E-state index contributed by atoms with van der Waals surface area (Å²) in [6, 6.07) is 16.1. The van der Waals surface area contributed by atoms with Crippen molar-refractivity contribution in [2.24, 2.45) is 10.1 Å². The third-order valence-corrected chi connectivity index (χ3v) is 6.97. The summed E-state index contributed by atoms with van der Waals surface area (Å²) in [7, 11) is 0. The van der Waals surface area contributed by atoms with E-state index >= 15 is 0 Å². The number of aryl methyl sites for hydroxylation is 3. The molecule has 1 amide bonds. The van der Waals surface area contributed by atoms with Crippen molar-refractivity contribution >= 4 is 46.2 Å². The second kappa shape index (κ2) is 8.80. The Balaban J connectivity index is 1.64. The Labute approximate surface area is 199 Å². The van der Waals surface area contributed by atoms with E-state index in [-0.39, 0.29) is 12.5 Å². The van der Waals surface area contributed by atoms with Gasteiger partial charge in [0, 0.05) is 20.7 Å². The molecule has 1 aliphatic rings. The van der Waals surface area contributed by atoms with E-state index in [0.717, 1.165) is 32.2 Å². The minimum atomic E-state index is -0.158. The molecule has 5 rings (SSSR count). The van der Waals surface area contributed by atoms with Gasteiger partial charge in [-0.1, -0.05) is 17.7 Å². The molecule has 8 heteroatoms. The minimum absolute atomic E-state index is 0.0360. The highest BCUT2D eigenvalue weighted by molar-refractivity contribution is 7.13. The van der Waals surface area contributed by atoms with Gasteiger partial charge in [-0.25, -0.2) is 9.67 Å². The van der Waals surface area contributed by atoms with E-state index in [2.05, 4.69) is 50.4 Å². The van der Waals surface area contributed by atoms with Crippen LogP contribution in [0.1, 0.15) is 20.9 Å². The van der Waals surface area contributed by atoms with Gasteiger partial charge in [-0.2, -0.15) is 5.10 Å². The van der Waals surface area contributed by atoms with Crippen molar-refractivity contribution in [1.82, 2.24) is 4.68 Å². The van der Waals surface area contributed by atoms with Gasteiger partial charge in [-0.05, 0) is 62.7 Å². The summed E-state index contributed by atoms with van der Waals surface area (Å²) in [5.41, 5.74) is 5.69. The fraction of sp³-hybridized carbons (Fsp3) is 0.160. The van der Waals surface area contributed by atoms with Crippen molar-refractivity contribution < 1.29 is 9.53 Å².